The van der Waals surface area contributed by atoms with Crippen molar-refractivity contribution in [3.8, 4) is 57.1 Å². The third kappa shape index (κ3) is 5.41. The van der Waals surface area contributed by atoms with E-state index in [9.17, 15) is 49.8 Å². The van der Waals surface area contributed by atoms with Crippen molar-refractivity contribution in [1.29, 1.82) is 0 Å². The molecular formula is C32H22O14. The molecule has 6 rings (SSSR count). The Morgan fingerprint density at radius 1 is 0.630 bits per heavy atom. The fourth-order valence-corrected chi connectivity index (χ4v) is 4.87. The highest BCUT2D eigenvalue weighted by molar-refractivity contribution is 6.01. The Labute approximate surface area is 255 Å². The Morgan fingerprint density at radius 3 is 1.67 bits per heavy atom. The normalized spacial score (nSPS) is 11.3. The molecule has 234 valence electrons. The molecule has 46 heavy (non-hydrogen) atoms. The van der Waals surface area contributed by atoms with Crippen LogP contribution in [0.25, 0.3) is 50.7 Å². The van der Waals surface area contributed by atoms with Gasteiger partial charge in [0.15, 0.2) is 34.2 Å². The van der Waals surface area contributed by atoms with Crippen molar-refractivity contribution in [3.63, 3.8) is 0 Å². The van der Waals surface area contributed by atoms with E-state index in [4.69, 9.17) is 19.0 Å². The average Bonchev–Trinajstić information content (AvgIpc) is 3.02. The largest absolute Gasteiger partial charge is 0.504 e. The number of aryl methyl sites for hydroxylation is 1. The fourth-order valence-electron chi connectivity index (χ4n) is 4.87. The summed E-state index contributed by atoms with van der Waals surface area (Å²) in [6, 6.07) is 10.5. The number of aromatic hydroxyl groups is 6. The summed E-state index contributed by atoms with van der Waals surface area (Å²) < 4.78 is 10.8. The fraction of sp³-hybridized carbons (Fsp3) is 0.0625. The predicted octanol–water partition coefficient (Wildman–Crippen LogP) is 4.14. The maximum Gasteiger partial charge on any atom is 0.328 e. The first-order valence-corrected chi connectivity index (χ1v) is 13.2. The van der Waals surface area contributed by atoms with Gasteiger partial charge in [-0.05, 0) is 72.2 Å². The molecule has 0 unspecified atom stereocenters. The van der Waals surface area contributed by atoms with Crippen molar-refractivity contribution in [2.24, 2.45) is 0 Å². The van der Waals surface area contributed by atoms with Crippen LogP contribution >= 0.6 is 0 Å². The van der Waals surface area contributed by atoms with Crippen molar-refractivity contribution < 1.29 is 59.3 Å². The molecule has 14 heteroatoms. The molecule has 2 heterocycles. The Morgan fingerprint density at radius 2 is 1.13 bits per heavy atom. The summed E-state index contributed by atoms with van der Waals surface area (Å²) >= 11 is 0. The second-order valence-corrected chi connectivity index (χ2v) is 9.86. The first kappa shape index (κ1) is 30.7. The molecule has 8 N–H and O–H groups in total. The predicted molar refractivity (Wildman–Crippen MR) is 161 cm³/mol. The lowest BCUT2D eigenvalue weighted by molar-refractivity contribution is -0.137. The molecule has 14 nitrogen and oxygen atoms in total. The quantitative estimate of drug-likeness (QED) is 0.0757. The van der Waals surface area contributed by atoms with Crippen LogP contribution in [0.5, 0.6) is 34.5 Å². The number of rotatable bonds is 5. The van der Waals surface area contributed by atoms with E-state index in [2.05, 4.69) is 0 Å². The molecule has 2 aromatic rings. The van der Waals surface area contributed by atoms with Crippen molar-refractivity contribution in [1.82, 2.24) is 0 Å². The zero-order valence-corrected chi connectivity index (χ0v) is 23.2. The third-order valence-electron chi connectivity index (χ3n) is 7.03. The number of hydrogen-bond donors (Lipinski definition) is 8. The third-order valence-corrected chi connectivity index (χ3v) is 7.03. The van der Waals surface area contributed by atoms with Crippen LogP contribution in [0.1, 0.15) is 17.5 Å². The van der Waals surface area contributed by atoms with Gasteiger partial charge in [-0.2, -0.15) is 0 Å². The molecule has 2 aliphatic carbocycles. The van der Waals surface area contributed by atoms with Gasteiger partial charge in [0, 0.05) is 34.4 Å². The minimum absolute atomic E-state index is 0.0978. The molecule has 0 atom stereocenters. The summed E-state index contributed by atoms with van der Waals surface area (Å²) in [5, 5.41) is 77.3. The SMILES string of the molecule is O=C(O)/C=C/c1c2ccc(=O)c(O)c-2oc2c(O)c(O)ccc12.O=C(O)CCc1c2ccc(=O)c(O)c-2oc2c(O)c(O)ccc12. The van der Waals surface area contributed by atoms with Gasteiger partial charge in [0.05, 0.1) is 0 Å². The van der Waals surface area contributed by atoms with Crippen LogP contribution in [-0.2, 0) is 16.0 Å². The van der Waals surface area contributed by atoms with Crippen molar-refractivity contribution in [3.05, 3.63) is 86.2 Å². The van der Waals surface area contributed by atoms with Gasteiger partial charge >= 0.3 is 11.9 Å². The Hall–Kier alpha value is -6.70. The highest BCUT2D eigenvalue weighted by atomic mass is 16.4. The van der Waals surface area contributed by atoms with E-state index in [1.54, 1.807) is 0 Å². The number of carbonyl (C=O) groups is 2. The van der Waals surface area contributed by atoms with Gasteiger partial charge in [-0.1, -0.05) is 0 Å². The molecule has 0 radical (unpaired) electrons. The summed E-state index contributed by atoms with van der Waals surface area (Å²) in [4.78, 5) is 44.8. The van der Waals surface area contributed by atoms with E-state index >= 15 is 0 Å². The summed E-state index contributed by atoms with van der Waals surface area (Å²) in [6.45, 7) is 0. The van der Waals surface area contributed by atoms with Crippen molar-refractivity contribution >= 4 is 40.0 Å². The number of phenols is 6. The van der Waals surface area contributed by atoms with Gasteiger partial charge < -0.3 is 49.7 Å². The second kappa shape index (κ2) is 11.8. The standard InChI is InChI=1S/C16H12O7.C16H10O7/c2*17-10-4-1-8-7(3-6-12(19)20)9-2-5-11(18)14(22)16(9)23-15(8)13(10)21/h1-2,4-5,17,21-22H,3,6H2,(H,19,20);1-6,17,21-22H,(H,19,20)/b;6-3+. The Kier molecular flexibility index (Phi) is 7.86. The molecule has 4 aliphatic rings. The Bertz CT molecular complexity index is 2270. The number of benzene rings is 4. The number of phenolic OH excluding ortho intramolecular Hbond substituents is 6. The lowest BCUT2D eigenvalue weighted by Crippen LogP contribution is -2.05. The van der Waals surface area contributed by atoms with E-state index in [0.717, 1.165) is 18.2 Å². The van der Waals surface area contributed by atoms with E-state index in [1.165, 1.54) is 42.5 Å². The zero-order chi connectivity index (χ0) is 33.4. The number of aliphatic carboxylic acids is 2. The van der Waals surface area contributed by atoms with Crippen LogP contribution in [0.4, 0.5) is 0 Å². The minimum atomic E-state index is -1.19. The number of fused-ring (bicyclic) bond motifs is 4. The molecule has 0 saturated heterocycles. The molecule has 2 aliphatic heterocycles. The summed E-state index contributed by atoms with van der Waals surface area (Å²) in [7, 11) is 0. The molecular weight excluding hydrogens is 608 g/mol. The van der Waals surface area contributed by atoms with Crippen LogP contribution in [0, 0.1) is 0 Å². The molecule has 0 spiro atoms. The summed E-state index contributed by atoms with van der Waals surface area (Å²) in [5.74, 6) is -5.89. The lowest BCUT2D eigenvalue weighted by atomic mass is 9.95. The number of carboxylic acids is 2. The summed E-state index contributed by atoms with van der Waals surface area (Å²) in [6.07, 6.45) is 2.04. The van der Waals surface area contributed by atoms with Gasteiger partial charge in [-0.3, -0.25) is 14.4 Å². The number of hydrogen-bond acceptors (Lipinski definition) is 12. The zero-order valence-electron chi connectivity index (χ0n) is 23.2. The monoisotopic (exact) mass is 630 g/mol. The second-order valence-electron chi connectivity index (χ2n) is 9.86. The van der Waals surface area contributed by atoms with E-state index < -0.39 is 57.3 Å². The van der Waals surface area contributed by atoms with Crippen LogP contribution < -0.4 is 10.9 Å². The van der Waals surface area contributed by atoms with Gasteiger partial charge in [0.25, 0.3) is 0 Å². The van der Waals surface area contributed by atoms with Crippen LogP contribution in [0.15, 0.2) is 73.0 Å². The van der Waals surface area contributed by atoms with Crippen LogP contribution in [0.3, 0.4) is 0 Å². The van der Waals surface area contributed by atoms with Crippen molar-refractivity contribution in [2.75, 3.05) is 0 Å². The highest BCUT2D eigenvalue weighted by Crippen LogP contribution is 2.44. The first-order valence-electron chi connectivity index (χ1n) is 13.2. The first-order chi connectivity index (χ1) is 21.8. The maximum atomic E-state index is 11.6. The van der Waals surface area contributed by atoms with Gasteiger partial charge in [-0.15, -0.1) is 0 Å². The highest BCUT2D eigenvalue weighted by Gasteiger charge is 2.24. The lowest BCUT2D eigenvalue weighted by Gasteiger charge is -2.15. The van der Waals surface area contributed by atoms with E-state index in [1.807, 2.05) is 0 Å². The smallest absolute Gasteiger partial charge is 0.328 e. The van der Waals surface area contributed by atoms with Crippen LogP contribution in [-0.4, -0.2) is 52.8 Å². The van der Waals surface area contributed by atoms with Gasteiger partial charge in [-0.25, -0.2) is 4.79 Å². The van der Waals surface area contributed by atoms with Gasteiger partial charge in [0.1, 0.15) is 0 Å². The van der Waals surface area contributed by atoms with E-state index in [0.29, 0.717) is 27.5 Å². The maximum absolute atomic E-state index is 11.6. The molecule has 0 amide bonds. The summed E-state index contributed by atoms with van der Waals surface area (Å²) in [5.41, 5.74) is -0.179. The molecule has 2 aromatic carbocycles. The van der Waals surface area contributed by atoms with E-state index in [-0.39, 0.29) is 41.1 Å². The molecule has 0 bridgehead atoms. The Balaban J connectivity index is 0.000000181. The molecule has 0 saturated carbocycles. The molecule has 0 aromatic heterocycles. The topological polar surface area (TPSA) is 256 Å². The number of carboxylic acid groups (broad SMARTS) is 2. The van der Waals surface area contributed by atoms with Crippen LogP contribution in [0.2, 0.25) is 0 Å². The molecule has 0 fully saturated rings. The van der Waals surface area contributed by atoms with Crippen molar-refractivity contribution in [2.45, 2.75) is 12.8 Å². The average molecular weight is 631 g/mol. The van der Waals surface area contributed by atoms with Gasteiger partial charge in [0.2, 0.25) is 33.9 Å². The minimum Gasteiger partial charge on any atom is -0.504 e.